The summed E-state index contributed by atoms with van der Waals surface area (Å²) in [7, 11) is 0. The Morgan fingerprint density at radius 1 is 1.12 bits per heavy atom. The predicted molar refractivity (Wildman–Crippen MR) is 127 cm³/mol. The number of amides is 2. The molecule has 2 aromatic rings. The standard InChI is InChI=1S/C24H28N4O6/c1-15-7-6-8-16(2)22(15)26-21(29)14-25-23(30)17(3)34-24(31)18-9-10-19(20(13-18)28(32)33)27-11-4-5-12-27/h6-10,13,17H,4-5,11-12,14H2,1-3H3,(H,25,30)(H,26,29)/t17-/m0/s1. The van der Waals surface area contributed by atoms with Gasteiger partial charge in [0.25, 0.3) is 11.6 Å². The van der Waals surface area contributed by atoms with Gasteiger partial charge in [0.1, 0.15) is 5.69 Å². The number of nitrogens with one attached hydrogen (secondary N) is 2. The third kappa shape index (κ3) is 5.89. The number of carbonyl (C=O) groups excluding carboxylic acids is 3. The minimum Gasteiger partial charge on any atom is -0.449 e. The molecule has 0 unspecified atom stereocenters. The Labute approximate surface area is 197 Å². The Morgan fingerprint density at radius 3 is 2.38 bits per heavy atom. The van der Waals surface area contributed by atoms with Gasteiger partial charge in [-0.1, -0.05) is 18.2 Å². The van der Waals surface area contributed by atoms with Gasteiger partial charge in [-0.15, -0.1) is 0 Å². The van der Waals surface area contributed by atoms with Crippen molar-refractivity contribution in [3.8, 4) is 0 Å². The average molecular weight is 469 g/mol. The fourth-order valence-corrected chi connectivity index (χ4v) is 3.81. The second-order valence-corrected chi connectivity index (χ2v) is 8.24. The van der Waals surface area contributed by atoms with Gasteiger partial charge in [0.15, 0.2) is 6.10 Å². The average Bonchev–Trinajstić information content (AvgIpc) is 3.34. The van der Waals surface area contributed by atoms with Crippen molar-refractivity contribution < 1.29 is 24.0 Å². The van der Waals surface area contributed by atoms with Gasteiger partial charge in [-0.3, -0.25) is 19.7 Å². The van der Waals surface area contributed by atoms with Crippen LogP contribution in [0.1, 0.15) is 41.3 Å². The zero-order valence-corrected chi connectivity index (χ0v) is 19.4. The van der Waals surface area contributed by atoms with E-state index in [1.54, 1.807) is 0 Å². The number of hydrogen-bond donors (Lipinski definition) is 2. The van der Waals surface area contributed by atoms with E-state index in [1.165, 1.54) is 25.1 Å². The van der Waals surface area contributed by atoms with Gasteiger partial charge in [-0.05, 0) is 56.9 Å². The molecule has 3 rings (SSSR count). The zero-order valence-electron chi connectivity index (χ0n) is 19.4. The van der Waals surface area contributed by atoms with Crippen LogP contribution in [0.5, 0.6) is 0 Å². The molecule has 10 nitrogen and oxygen atoms in total. The topological polar surface area (TPSA) is 131 Å². The highest BCUT2D eigenvalue weighted by molar-refractivity contribution is 5.97. The molecule has 0 aliphatic carbocycles. The zero-order chi connectivity index (χ0) is 24.8. The van der Waals surface area contributed by atoms with Crippen LogP contribution in [0.3, 0.4) is 0 Å². The van der Waals surface area contributed by atoms with Crippen LogP contribution in [0, 0.1) is 24.0 Å². The Morgan fingerprint density at radius 2 is 1.76 bits per heavy atom. The molecule has 1 saturated heterocycles. The number of para-hydroxylation sites is 1. The van der Waals surface area contributed by atoms with Crippen LogP contribution in [0.15, 0.2) is 36.4 Å². The highest BCUT2D eigenvalue weighted by atomic mass is 16.6. The summed E-state index contributed by atoms with van der Waals surface area (Å²) in [6.45, 7) is 6.24. The highest BCUT2D eigenvalue weighted by Gasteiger charge is 2.26. The van der Waals surface area contributed by atoms with E-state index < -0.39 is 28.8 Å². The molecule has 0 saturated carbocycles. The molecule has 2 amide bonds. The van der Waals surface area contributed by atoms with Gasteiger partial charge < -0.3 is 20.3 Å². The Kier molecular flexibility index (Phi) is 7.83. The minimum absolute atomic E-state index is 0.0259. The van der Waals surface area contributed by atoms with Crippen molar-refractivity contribution in [2.45, 2.75) is 39.7 Å². The minimum atomic E-state index is -1.20. The summed E-state index contributed by atoms with van der Waals surface area (Å²) in [6.07, 6.45) is 0.713. The van der Waals surface area contributed by atoms with Crippen LogP contribution in [0.25, 0.3) is 0 Å². The van der Waals surface area contributed by atoms with Crippen molar-refractivity contribution in [1.82, 2.24) is 5.32 Å². The van der Waals surface area contributed by atoms with Gasteiger partial charge in [-0.2, -0.15) is 0 Å². The number of aryl methyl sites for hydroxylation is 2. The normalized spacial score (nSPS) is 13.8. The first-order valence-corrected chi connectivity index (χ1v) is 11.1. The Balaban J connectivity index is 1.57. The summed E-state index contributed by atoms with van der Waals surface area (Å²) in [5.41, 5.74) is 2.72. The molecule has 1 aliphatic heterocycles. The molecule has 10 heteroatoms. The van der Waals surface area contributed by atoms with Crippen LogP contribution in [-0.4, -0.2) is 48.4 Å². The number of anilines is 2. The number of nitrogens with zero attached hydrogens (tertiary/aromatic N) is 2. The third-order valence-electron chi connectivity index (χ3n) is 5.68. The maximum Gasteiger partial charge on any atom is 0.339 e. The molecule has 34 heavy (non-hydrogen) atoms. The van der Waals surface area contributed by atoms with E-state index in [0.717, 1.165) is 37.1 Å². The molecular formula is C24H28N4O6. The summed E-state index contributed by atoms with van der Waals surface area (Å²) >= 11 is 0. The van der Waals surface area contributed by atoms with Crippen LogP contribution in [0.4, 0.5) is 17.1 Å². The molecule has 1 atom stereocenters. The van der Waals surface area contributed by atoms with E-state index in [4.69, 9.17) is 4.74 Å². The maximum atomic E-state index is 12.5. The molecule has 0 bridgehead atoms. The summed E-state index contributed by atoms with van der Waals surface area (Å²) in [6, 6.07) is 9.76. The monoisotopic (exact) mass is 468 g/mol. The van der Waals surface area contributed by atoms with Crippen LogP contribution < -0.4 is 15.5 Å². The van der Waals surface area contributed by atoms with Gasteiger partial charge >= 0.3 is 5.97 Å². The number of carbonyl (C=O) groups is 3. The van der Waals surface area contributed by atoms with Crippen molar-refractivity contribution in [2.24, 2.45) is 0 Å². The molecule has 2 N–H and O–H groups in total. The molecule has 180 valence electrons. The highest BCUT2D eigenvalue weighted by Crippen LogP contribution is 2.32. The van der Waals surface area contributed by atoms with Crippen LogP contribution in [0.2, 0.25) is 0 Å². The summed E-state index contributed by atoms with van der Waals surface area (Å²) in [4.78, 5) is 50.0. The smallest absolute Gasteiger partial charge is 0.339 e. The van der Waals surface area contributed by atoms with Crippen molar-refractivity contribution in [1.29, 1.82) is 0 Å². The number of hydrogen-bond acceptors (Lipinski definition) is 7. The molecule has 1 aliphatic rings. The van der Waals surface area contributed by atoms with E-state index in [0.29, 0.717) is 11.4 Å². The quantitative estimate of drug-likeness (QED) is 0.346. The molecule has 1 heterocycles. The van der Waals surface area contributed by atoms with E-state index in [1.807, 2.05) is 36.9 Å². The van der Waals surface area contributed by atoms with Gasteiger partial charge in [0.2, 0.25) is 5.91 Å². The first-order valence-electron chi connectivity index (χ1n) is 11.1. The molecular weight excluding hydrogens is 440 g/mol. The molecule has 2 aromatic carbocycles. The van der Waals surface area contributed by atoms with E-state index in [-0.39, 0.29) is 17.8 Å². The number of ether oxygens (including phenoxy) is 1. The van der Waals surface area contributed by atoms with Crippen LogP contribution >= 0.6 is 0 Å². The summed E-state index contributed by atoms with van der Waals surface area (Å²) < 4.78 is 5.17. The number of benzene rings is 2. The third-order valence-corrected chi connectivity index (χ3v) is 5.68. The lowest BCUT2D eigenvalue weighted by Crippen LogP contribution is -2.40. The second-order valence-electron chi connectivity index (χ2n) is 8.24. The second kappa shape index (κ2) is 10.8. The first-order chi connectivity index (χ1) is 16.2. The molecule has 0 radical (unpaired) electrons. The fourth-order valence-electron chi connectivity index (χ4n) is 3.81. The lowest BCUT2D eigenvalue weighted by atomic mass is 10.1. The first kappa shape index (κ1) is 24.7. The van der Waals surface area contributed by atoms with Crippen molar-refractivity contribution >= 4 is 34.8 Å². The number of nitro groups is 1. The van der Waals surface area contributed by atoms with Gasteiger partial charge in [-0.25, -0.2) is 4.79 Å². The number of esters is 1. The van der Waals surface area contributed by atoms with Crippen molar-refractivity contribution in [2.75, 3.05) is 29.9 Å². The van der Waals surface area contributed by atoms with Gasteiger partial charge in [0.05, 0.1) is 17.0 Å². The maximum absolute atomic E-state index is 12.5. The van der Waals surface area contributed by atoms with Crippen LogP contribution in [-0.2, 0) is 14.3 Å². The fraction of sp³-hybridized carbons (Fsp3) is 0.375. The Hall–Kier alpha value is -3.95. The summed E-state index contributed by atoms with van der Waals surface area (Å²) in [5, 5.41) is 16.7. The number of rotatable bonds is 8. The lowest BCUT2D eigenvalue weighted by Gasteiger charge is -2.18. The van der Waals surface area contributed by atoms with E-state index in [2.05, 4.69) is 10.6 Å². The van der Waals surface area contributed by atoms with Gasteiger partial charge in [0, 0.05) is 24.8 Å². The summed E-state index contributed by atoms with van der Waals surface area (Å²) in [5.74, 6) is -1.94. The molecule has 0 spiro atoms. The Bertz CT molecular complexity index is 1090. The van der Waals surface area contributed by atoms with Crippen molar-refractivity contribution in [3.63, 3.8) is 0 Å². The predicted octanol–water partition coefficient (Wildman–Crippen LogP) is 3.11. The van der Waals surface area contributed by atoms with Crippen molar-refractivity contribution in [3.05, 3.63) is 63.2 Å². The lowest BCUT2D eigenvalue weighted by molar-refractivity contribution is -0.384. The van der Waals surface area contributed by atoms with E-state index in [9.17, 15) is 24.5 Å². The molecule has 0 aromatic heterocycles. The largest absolute Gasteiger partial charge is 0.449 e. The number of nitro benzene ring substituents is 1. The van der Waals surface area contributed by atoms with E-state index >= 15 is 0 Å². The SMILES string of the molecule is Cc1cccc(C)c1NC(=O)CNC(=O)[C@H](C)OC(=O)c1ccc(N2CCCC2)c([N+](=O)[O-])c1. The molecule has 1 fully saturated rings.